The van der Waals surface area contributed by atoms with Crippen LogP contribution >= 0.6 is 0 Å². The predicted molar refractivity (Wildman–Crippen MR) is 92.1 cm³/mol. The van der Waals surface area contributed by atoms with Gasteiger partial charge < -0.3 is 18.8 Å². The highest BCUT2D eigenvalue weighted by molar-refractivity contribution is 5.88. The molecule has 1 aromatic heterocycles. The van der Waals surface area contributed by atoms with E-state index in [2.05, 4.69) is 0 Å². The standard InChI is InChI=1S/C19H25NO4/c1-13-16(15-7-5-6-8-17(15)23-13)9-18(21)20-10-14(11-22-4)24-19(2,3)12-20/h5-8,14H,9-12H2,1-4H3/t14-/m1/s1. The fourth-order valence-corrected chi connectivity index (χ4v) is 3.46. The maximum atomic E-state index is 12.9. The zero-order chi connectivity index (χ0) is 17.3. The van der Waals surface area contributed by atoms with Gasteiger partial charge in [-0.1, -0.05) is 18.2 Å². The molecule has 130 valence electrons. The van der Waals surface area contributed by atoms with Crippen LogP contribution in [0.25, 0.3) is 11.0 Å². The molecule has 1 aliphatic heterocycles. The van der Waals surface area contributed by atoms with E-state index in [-0.39, 0.29) is 17.6 Å². The molecule has 1 saturated heterocycles. The number of rotatable bonds is 4. The second-order valence-electron chi connectivity index (χ2n) is 7.04. The largest absolute Gasteiger partial charge is 0.461 e. The molecule has 2 heterocycles. The number of furan rings is 1. The number of benzene rings is 1. The minimum absolute atomic E-state index is 0.0927. The van der Waals surface area contributed by atoms with Gasteiger partial charge in [-0.3, -0.25) is 4.79 Å². The van der Waals surface area contributed by atoms with E-state index in [4.69, 9.17) is 13.9 Å². The number of aryl methyl sites for hydroxylation is 1. The molecule has 1 amide bonds. The Balaban J connectivity index is 1.79. The van der Waals surface area contributed by atoms with Crippen molar-refractivity contribution < 1.29 is 18.7 Å². The Morgan fingerprint density at radius 2 is 2.12 bits per heavy atom. The van der Waals surface area contributed by atoms with Crippen molar-refractivity contribution in [3.05, 3.63) is 35.6 Å². The third kappa shape index (κ3) is 3.47. The van der Waals surface area contributed by atoms with Crippen molar-refractivity contribution >= 4 is 16.9 Å². The molecule has 0 N–H and O–H groups in total. The van der Waals surface area contributed by atoms with Crippen LogP contribution in [0.15, 0.2) is 28.7 Å². The fraction of sp³-hybridized carbons (Fsp3) is 0.526. The van der Waals surface area contributed by atoms with E-state index in [9.17, 15) is 4.79 Å². The molecule has 1 aliphatic rings. The first kappa shape index (κ1) is 17.0. The Hall–Kier alpha value is -1.85. The Morgan fingerprint density at radius 3 is 2.88 bits per heavy atom. The number of nitrogens with zero attached hydrogens (tertiary/aromatic N) is 1. The lowest BCUT2D eigenvalue weighted by Crippen LogP contribution is -2.56. The van der Waals surface area contributed by atoms with Crippen molar-refractivity contribution in [1.82, 2.24) is 4.90 Å². The molecule has 2 aromatic rings. The molecule has 0 bridgehead atoms. The lowest BCUT2D eigenvalue weighted by atomic mass is 10.0. The van der Waals surface area contributed by atoms with Gasteiger partial charge >= 0.3 is 0 Å². The second kappa shape index (κ2) is 6.57. The smallest absolute Gasteiger partial charge is 0.227 e. The van der Waals surface area contributed by atoms with Gasteiger partial charge in [0.2, 0.25) is 5.91 Å². The summed E-state index contributed by atoms with van der Waals surface area (Å²) < 4.78 is 17.0. The number of morpholine rings is 1. The number of carbonyl (C=O) groups is 1. The summed E-state index contributed by atoms with van der Waals surface area (Å²) in [5.41, 5.74) is 1.44. The molecule has 1 atom stereocenters. The van der Waals surface area contributed by atoms with Gasteiger partial charge in [-0.2, -0.15) is 0 Å². The summed E-state index contributed by atoms with van der Waals surface area (Å²) in [7, 11) is 1.65. The number of fused-ring (bicyclic) bond motifs is 1. The molecule has 0 unspecified atom stereocenters. The first-order chi connectivity index (χ1) is 11.4. The molecule has 5 heteroatoms. The van der Waals surface area contributed by atoms with Crippen LogP contribution in [0.1, 0.15) is 25.2 Å². The normalized spacial score (nSPS) is 20.5. The molecule has 24 heavy (non-hydrogen) atoms. The molecule has 0 saturated carbocycles. The Bertz CT molecular complexity index is 734. The molecule has 0 aliphatic carbocycles. The molecular formula is C19H25NO4. The van der Waals surface area contributed by atoms with Crippen LogP contribution in [0.2, 0.25) is 0 Å². The van der Waals surface area contributed by atoms with Crippen molar-refractivity contribution in [2.45, 2.75) is 38.9 Å². The number of amides is 1. The molecule has 0 spiro atoms. The zero-order valence-electron chi connectivity index (χ0n) is 14.8. The van der Waals surface area contributed by atoms with Crippen molar-refractivity contribution in [3.8, 4) is 0 Å². The first-order valence-electron chi connectivity index (χ1n) is 8.31. The van der Waals surface area contributed by atoms with Crippen LogP contribution in [0.4, 0.5) is 0 Å². The van der Waals surface area contributed by atoms with Crippen LogP contribution in [0.5, 0.6) is 0 Å². The van der Waals surface area contributed by atoms with Gasteiger partial charge in [0.05, 0.1) is 24.7 Å². The number of hydrogen-bond acceptors (Lipinski definition) is 4. The minimum atomic E-state index is -0.370. The monoisotopic (exact) mass is 331 g/mol. The summed E-state index contributed by atoms with van der Waals surface area (Å²) in [5.74, 6) is 0.910. The molecule has 1 fully saturated rings. The highest BCUT2D eigenvalue weighted by atomic mass is 16.5. The van der Waals surface area contributed by atoms with E-state index in [1.807, 2.05) is 49.9 Å². The fourth-order valence-electron chi connectivity index (χ4n) is 3.46. The third-order valence-electron chi connectivity index (χ3n) is 4.41. The topological polar surface area (TPSA) is 51.9 Å². The maximum absolute atomic E-state index is 12.9. The van der Waals surface area contributed by atoms with Gasteiger partial charge in [-0.15, -0.1) is 0 Å². The Morgan fingerprint density at radius 1 is 1.38 bits per heavy atom. The van der Waals surface area contributed by atoms with Gasteiger partial charge in [0.15, 0.2) is 0 Å². The van der Waals surface area contributed by atoms with Gasteiger partial charge in [-0.05, 0) is 26.8 Å². The van der Waals surface area contributed by atoms with Gasteiger partial charge in [-0.25, -0.2) is 0 Å². The number of ether oxygens (including phenoxy) is 2. The van der Waals surface area contributed by atoms with E-state index in [0.29, 0.717) is 26.1 Å². The lowest BCUT2D eigenvalue weighted by Gasteiger charge is -2.42. The van der Waals surface area contributed by atoms with Crippen LogP contribution in [0, 0.1) is 6.92 Å². The van der Waals surface area contributed by atoms with Crippen molar-refractivity contribution in [2.75, 3.05) is 26.8 Å². The average molecular weight is 331 g/mol. The van der Waals surface area contributed by atoms with Crippen LogP contribution in [0.3, 0.4) is 0 Å². The van der Waals surface area contributed by atoms with Crippen molar-refractivity contribution in [3.63, 3.8) is 0 Å². The van der Waals surface area contributed by atoms with E-state index >= 15 is 0 Å². The minimum Gasteiger partial charge on any atom is -0.461 e. The van der Waals surface area contributed by atoms with Gasteiger partial charge in [0, 0.05) is 31.1 Å². The number of para-hydroxylation sites is 1. The van der Waals surface area contributed by atoms with Crippen molar-refractivity contribution in [2.24, 2.45) is 0 Å². The third-order valence-corrected chi connectivity index (χ3v) is 4.41. The summed E-state index contributed by atoms with van der Waals surface area (Å²) in [6.07, 6.45) is 0.253. The van der Waals surface area contributed by atoms with Crippen LogP contribution < -0.4 is 0 Å². The number of methoxy groups -OCH3 is 1. The first-order valence-corrected chi connectivity index (χ1v) is 8.31. The molecule has 0 radical (unpaired) electrons. The quantitative estimate of drug-likeness (QED) is 0.864. The lowest BCUT2D eigenvalue weighted by molar-refractivity contribution is -0.168. The van der Waals surface area contributed by atoms with Gasteiger partial charge in [0.1, 0.15) is 11.3 Å². The predicted octanol–water partition coefficient (Wildman–Crippen LogP) is 2.94. The molecule has 5 nitrogen and oxygen atoms in total. The summed E-state index contributed by atoms with van der Waals surface area (Å²) in [6, 6.07) is 7.85. The van der Waals surface area contributed by atoms with E-state index in [0.717, 1.165) is 22.3 Å². The van der Waals surface area contributed by atoms with E-state index in [1.54, 1.807) is 7.11 Å². The Kier molecular flexibility index (Phi) is 4.65. The molecule has 3 rings (SSSR count). The second-order valence-corrected chi connectivity index (χ2v) is 7.04. The number of hydrogen-bond donors (Lipinski definition) is 0. The van der Waals surface area contributed by atoms with Gasteiger partial charge in [0.25, 0.3) is 0 Å². The maximum Gasteiger partial charge on any atom is 0.227 e. The van der Waals surface area contributed by atoms with E-state index in [1.165, 1.54) is 0 Å². The van der Waals surface area contributed by atoms with Crippen LogP contribution in [-0.2, 0) is 20.7 Å². The highest BCUT2D eigenvalue weighted by Gasteiger charge is 2.35. The SMILES string of the molecule is COC[C@H]1CN(C(=O)Cc2c(C)oc3ccccc23)CC(C)(C)O1. The summed E-state index contributed by atoms with van der Waals surface area (Å²) in [6.45, 7) is 7.56. The highest BCUT2D eigenvalue weighted by Crippen LogP contribution is 2.27. The summed E-state index contributed by atoms with van der Waals surface area (Å²) >= 11 is 0. The van der Waals surface area contributed by atoms with E-state index < -0.39 is 0 Å². The summed E-state index contributed by atoms with van der Waals surface area (Å²) in [4.78, 5) is 14.8. The van der Waals surface area contributed by atoms with Crippen molar-refractivity contribution in [1.29, 1.82) is 0 Å². The molecule has 1 aromatic carbocycles. The Labute approximate surface area is 142 Å². The van der Waals surface area contributed by atoms with Crippen LogP contribution in [-0.4, -0.2) is 49.3 Å². The summed E-state index contributed by atoms with van der Waals surface area (Å²) in [5, 5.41) is 1.02. The molecular weight excluding hydrogens is 306 g/mol. The zero-order valence-corrected chi connectivity index (χ0v) is 14.8. The average Bonchev–Trinajstić information content (AvgIpc) is 2.82. The number of carbonyl (C=O) groups excluding carboxylic acids is 1.